The average molecular weight is 423 g/mol. The topological polar surface area (TPSA) is 91.6 Å². The van der Waals surface area contributed by atoms with Crippen LogP contribution in [0.4, 0.5) is 0 Å². The van der Waals surface area contributed by atoms with E-state index in [2.05, 4.69) is 31.2 Å². The number of benzene rings is 1. The van der Waals surface area contributed by atoms with Crippen molar-refractivity contribution in [2.24, 2.45) is 4.99 Å². The molecule has 0 aliphatic heterocycles. The lowest BCUT2D eigenvalue weighted by Crippen LogP contribution is -2.42. The number of nitrogens with one attached hydrogen (secondary N) is 2. The van der Waals surface area contributed by atoms with Gasteiger partial charge in [-0.15, -0.1) is 0 Å². The minimum Gasteiger partial charge on any atom is -0.357 e. The molecule has 2 N–H and O–H groups in total. The Hall–Kier alpha value is -2.13. The normalized spacial score (nSPS) is 12.7. The van der Waals surface area contributed by atoms with Gasteiger partial charge in [0.1, 0.15) is 5.82 Å². The second-order valence-corrected chi connectivity index (χ2v) is 8.83. The second-order valence-electron chi connectivity index (χ2n) is 6.74. The van der Waals surface area contributed by atoms with Gasteiger partial charge in [0, 0.05) is 39.3 Å². The highest BCUT2D eigenvalue weighted by molar-refractivity contribution is 7.89. The average Bonchev–Trinajstić information content (AvgIpc) is 3.01. The van der Waals surface area contributed by atoms with Crippen LogP contribution in [0.1, 0.15) is 33.0 Å². The molecule has 0 saturated heterocycles. The molecule has 1 heterocycles. The van der Waals surface area contributed by atoms with Crippen LogP contribution in [-0.2, 0) is 16.6 Å². The Bertz CT molecular complexity index is 903. The van der Waals surface area contributed by atoms with E-state index in [1.807, 2.05) is 45.9 Å². The lowest BCUT2D eigenvalue weighted by atomic mass is 10.3. The van der Waals surface area contributed by atoms with E-state index in [1.54, 1.807) is 0 Å². The van der Waals surface area contributed by atoms with Crippen LogP contribution in [0.3, 0.4) is 0 Å². The number of guanidine groups is 1. The molecule has 0 fully saturated rings. The first kappa shape index (κ1) is 23.2. The molecular formula is C20H34N6O2S. The van der Waals surface area contributed by atoms with Gasteiger partial charge in [-0.2, -0.15) is 0 Å². The maximum absolute atomic E-state index is 12.3. The summed E-state index contributed by atoms with van der Waals surface area (Å²) in [6.45, 7) is 11.2. The molecule has 0 atom stereocenters. The molecule has 0 radical (unpaired) electrons. The summed E-state index contributed by atoms with van der Waals surface area (Å²) in [5.41, 5.74) is 2.15. The van der Waals surface area contributed by atoms with E-state index in [4.69, 9.17) is 0 Å². The van der Waals surface area contributed by atoms with Crippen LogP contribution in [0.25, 0.3) is 11.0 Å². The molecule has 0 unspecified atom stereocenters. The van der Waals surface area contributed by atoms with E-state index in [9.17, 15) is 8.42 Å². The zero-order valence-electron chi connectivity index (χ0n) is 18.0. The second kappa shape index (κ2) is 11.2. The minimum absolute atomic E-state index is 0.0549. The number of aliphatic imine (C=N–C) groups is 1. The Morgan fingerprint density at radius 1 is 1.17 bits per heavy atom. The molecule has 2 rings (SSSR count). The van der Waals surface area contributed by atoms with Crippen LogP contribution >= 0.6 is 0 Å². The molecule has 0 aliphatic carbocycles. The van der Waals surface area contributed by atoms with E-state index in [1.165, 1.54) is 4.31 Å². The lowest BCUT2D eigenvalue weighted by Gasteiger charge is -2.19. The quantitative estimate of drug-likeness (QED) is 0.328. The summed E-state index contributed by atoms with van der Waals surface area (Å²) in [7, 11) is -3.24. The van der Waals surface area contributed by atoms with Crippen LogP contribution in [0.15, 0.2) is 29.3 Å². The van der Waals surface area contributed by atoms with Gasteiger partial charge in [0.25, 0.3) is 0 Å². The van der Waals surface area contributed by atoms with Crippen molar-refractivity contribution in [3.63, 3.8) is 0 Å². The summed E-state index contributed by atoms with van der Waals surface area (Å²) < 4.78 is 28.3. The van der Waals surface area contributed by atoms with E-state index in [-0.39, 0.29) is 5.75 Å². The highest BCUT2D eigenvalue weighted by Crippen LogP contribution is 2.15. The first-order chi connectivity index (χ1) is 13.9. The van der Waals surface area contributed by atoms with Gasteiger partial charge in [0.15, 0.2) is 5.96 Å². The van der Waals surface area contributed by atoms with Gasteiger partial charge in [-0.1, -0.05) is 26.0 Å². The van der Waals surface area contributed by atoms with Crippen molar-refractivity contribution in [3.05, 3.63) is 30.1 Å². The molecule has 8 nitrogen and oxygen atoms in total. The highest BCUT2D eigenvalue weighted by Gasteiger charge is 2.18. The predicted molar refractivity (Wildman–Crippen MR) is 120 cm³/mol. The summed E-state index contributed by atoms with van der Waals surface area (Å²) in [6.07, 6.45) is 0.871. The molecule has 0 spiro atoms. The Labute approximate surface area is 174 Å². The standard InChI is InChI=1S/C20H34N6O2S/c1-5-21-20(23-14-16-29(27,28)25(6-2)7-3)22-13-10-15-26-17(4)24-18-11-8-9-12-19(18)26/h8-9,11-12H,5-7,10,13-16H2,1-4H3,(H2,21,22,23). The molecule has 162 valence electrons. The fourth-order valence-electron chi connectivity index (χ4n) is 3.28. The largest absolute Gasteiger partial charge is 0.357 e. The number of nitrogens with zero attached hydrogens (tertiary/aromatic N) is 4. The van der Waals surface area contributed by atoms with Crippen LogP contribution in [0.2, 0.25) is 0 Å². The molecule has 0 bridgehead atoms. The molecule has 1 aromatic carbocycles. The monoisotopic (exact) mass is 422 g/mol. The maximum atomic E-state index is 12.3. The number of hydrogen-bond donors (Lipinski definition) is 2. The summed E-state index contributed by atoms with van der Waals surface area (Å²) in [5, 5.41) is 6.30. The Kier molecular flexibility index (Phi) is 8.91. The van der Waals surface area contributed by atoms with Gasteiger partial charge >= 0.3 is 0 Å². The maximum Gasteiger partial charge on any atom is 0.215 e. The van der Waals surface area contributed by atoms with E-state index >= 15 is 0 Å². The Morgan fingerprint density at radius 3 is 2.59 bits per heavy atom. The SMILES string of the molecule is CCNC(=NCCCn1c(C)nc2ccccc21)NCCS(=O)(=O)N(CC)CC. The number of fused-ring (bicyclic) bond motifs is 1. The molecule has 29 heavy (non-hydrogen) atoms. The van der Waals surface area contributed by atoms with Crippen LogP contribution in [0.5, 0.6) is 0 Å². The van der Waals surface area contributed by atoms with Gasteiger partial charge in [-0.3, -0.25) is 4.99 Å². The molecule has 0 saturated carbocycles. The van der Waals surface area contributed by atoms with Crippen molar-refractivity contribution in [1.82, 2.24) is 24.5 Å². The smallest absolute Gasteiger partial charge is 0.215 e. The third-order valence-electron chi connectivity index (χ3n) is 4.75. The van der Waals surface area contributed by atoms with Crippen molar-refractivity contribution in [2.75, 3.05) is 38.5 Å². The third kappa shape index (κ3) is 6.43. The summed E-state index contributed by atoms with van der Waals surface area (Å²) in [5.74, 6) is 1.70. The van der Waals surface area contributed by atoms with E-state index in [0.717, 1.165) is 36.4 Å². The predicted octanol–water partition coefficient (Wildman–Crippen LogP) is 1.96. The number of imidazole rings is 1. The number of aromatic nitrogens is 2. The van der Waals surface area contributed by atoms with Crippen LogP contribution in [0, 0.1) is 6.92 Å². The molecule has 0 aliphatic rings. The summed E-state index contributed by atoms with van der Waals surface area (Å²) >= 11 is 0. The Morgan fingerprint density at radius 2 is 1.90 bits per heavy atom. The number of hydrogen-bond acceptors (Lipinski definition) is 4. The summed E-state index contributed by atoms with van der Waals surface area (Å²) in [4.78, 5) is 9.17. The van der Waals surface area contributed by atoms with Crippen molar-refractivity contribution in [2.45, 2.75) is 40.7 Å². The van der Waals surface area contributed by atoms with Gasteiger partial charge in [-0.25, -0.2) is 17.7 Å². The molecular weight excluding hydrogens is 388 g/mol. The number of rotatable bonds is 11. The van der Waals surface area contributed by atoms with Crippen molar-refractivity contribution < 1.29 is 8.42 Å². The van der Waals surface area contributed by atoms with Crippen LogP contribution < -0.4 is 10.6 Å². The van der Waals surface area contributed by atoms with E-state index in [0.29, 0.717) is 32.1 Å². The molecule has 0 amide bonds. The van der Waals surface area contributed by atoms with E-state index < -0.39 is 10.0 Å². The molecule has 2 aromatic rings. The van der Waals surface area contributed by atoms with Crippen molar-refractivity contribution >= 4 is 27.0 Å². The third-order valence-corrected chi connectivity index (χ3v) is 6.77. The molecule has 9 heteroatoms. The fourth-order valence-corrected chi connectivity index (χ4v) is 4.69. The first-order valence-corrected chi connectivity index (χ1v) is 12.0. The van der Waals surface area contributed by atoms with Crippen molar-refractivity contribution in [1.29, 1.82) is 0 Å². The van der Waals surface area contributed by atoms with Crippen molar-refractivity contribution in [3.8, 4) is 0 Å². The molecule has 1 aromatic heterocycles. The lowest BCUT2D eigenvalue weighted by molar-refractivity contribution is 0.445. The zero-order chi connectivity index (χ0) is 21.3. The Balaban J connectivity index is 1.88. The van der Waals surface area contributed by atoms with Gasteiger partial charge < -0.3 is 15.2 Å². The fraction of sp³-hybridized carbons (Fsp3) is 0.600. The van der Waals surface area contributed by atoms with Crippen LogP contribution in [-0.4, -0.2) is 66.7 Å². The summed E-state index contributed by atoms with van der Waals surface area (Å²) in [6, 6.07) is 8.13. The first-order valence-electron chi connectivity index (χ1n) is 10.3. The number of aryl methyl sites for hydroxylation is 2. The number of para-hydroxylation sites is 2. The van der Waals surface area contributed by atoms with Gasteiger partial charge in [0.2, 0.25) is 10.0 Å². The highest BCUT2D eigenvalue weighted by atomic mass is 32.2. The minimum atomic E-state index is -3.24. The zero-order valence-corrected chi connectivity index (χ0v) is 18.8. The number of sulfonamides is 1. The van der Waals surface area contributed by atoms with Gasteiger partial charge in [-0.05, 0) is 32.4 Å². The van der Waals surface area contributed by atoms with Gasteiger partial charge in [0.05, 0.1) is 16.8 Å².